The minimum atomic E-state index is -1.01. The number of nitrogens with zero attached hydrogens (tertiary/aromatic N) is 2. The monoisotopic (exact) mass is 341 g/mol. The maximum Gasteiger partial charge on any atom is 0.190 e. The topological polar surface area (TPSA) is 102 Å². The average Bonchev–Trinajstić information content (AvgIpc) is 2.58. The van der Waals surface area contributed by atoms with E-state index in [-0.39, 0.29) is 5.69 Å². The summed E-state index contributed by atoms with van der Waals surface area (Å²) < 4.78 is 0. The molecule has 2 aromatic carbocycles. The molecule has 1 aromatic heterocycles. The van der Waals surface area contributed by atoms with Gasteiger partial charge in [-0.05, 0) is 39.2 Å². The van der Waals surface area contributed by atoms with Gasteiger partial charge in [0.15, 0.2) is 5.69 Å². The van der Waals surface area contributed by atoms with Gasteiger partial charge in [0.1, 0.15) is 5.52 Å². The summed E-state index contributed by atoms with van der Waals surface area (Å²) in [5.74, 6) is 0. The van der Waals surface area contributed by atoms with Gasteiger partial charge in [0.25, 0.3) is 0 Å². The summed E-state index contributed by atoms with van der Waals surface area (Å²) in [6, 6.07) is 10.9. The zero-order chi connectivity index (χ0) is 18.0. The zero-order valence-corrected chi connectivity index (χ0v) is 14.4. The smallest absolute Gasteiger partial charge is 0.190 e. The van der Waals surface area contributed by atoms with Crippen LogP contribution < -0.4 is 16.3 Å². The van der Waals surface area contributed by atoms with Crippen LogP contribution in [0.2, 0.25) is 0 Å². The predicted molar refractivity (Wildman–Crippen MR) is 101 cm³/mol. The second-order valence-corrected chi connectivity index (χ2v) is 6.32. The number of nitrogens with two attached hydrogens (primary N) is 1. The van der Waals surface area contributed by atoms with Crippen LogP contribution in [-0.2, 0) is 0 Å². The first-order chi connectivity index (χ1) is 12.0. The van der Waals surface area contributed by atoms with Gasteiger partial charge in [0.2, 0.25) is 0 Å². The van der Waals surface area contributed by atoms with Crippen molar-refractivity contribution in [1.82, 2.24) is 9.88 Å². The van der Waals surface area contributed by atoms with Gasteiger partial charge >= 0.3 is 0 Å². The first-order valence-electron chi connectivity index (χ1n) is 8.22. The van der Waals surface area contributed by atoms with E-state index in [0.29, 0.717) is 22.1 Å². The number of nitrogens with one attached hydrogen (secondary N) is 2. The van der Waals surface area contributed by atoms with Gasteiger partial charge in [-0.1, -0.05) is 18.2 Å². The number of nitrogen functional groups attached to an aromatic ring is 1. The Labute approximate surface area is 146 Å². The van der Waals surface area contributed by atoms with Crippen molar-refractivity contribution in [3.63, 3.8) is 0 Å². The fraction of sp³-hybridized carbons (Fsp3) is 0.278. The summed E-state index contributed by atoms with van der Waals surface area (Å²) >= 11 is 0. The molecular weight excluding hydrogens is 318 g/mol. The van der Waals surface area contributed by atoms with E-state index in [1.807, 2.05) is 38.4 Å². The molecule has 5 N–H and O–H groups in total. The summed E-state index contributed by atoms with van der Waals surface area (Å²) in [4.78, 5) is 6.69. The van der Waals surface area contributed by atoms with E-state index >= 15 is 0 Å². The number of fused-ring (bicyclic) bond motifs is 2. The van der Waals surface area contributed by atoms with Crippen LogP contribution in [0.25, 0.3) is 21.8 Å². The Balaban J connectivity index is 2.11. The normalized spacial score (nSPS) is 12.8. The van der Waals surface area contributed by atoms with Crippen LogP contribution in [0.3, 0.4) is 0 Å². The molecule has 0 saturated heterocycles. The number of benzene rings is 2. The van der Waals surface area contributed by atoms with E-state index in [1.54, 1.807) is 12.1 Å². The molecule has 0 spiro atoms. The number of aromatic nitrogens is 1. The highest BCUT2D eigenvalue weighted by molar-refractivity contribution is 6.13. The Kier molecular flexibility index (Phi) is 5.00. The SMILES string of the molecule is CN(C)CCCNc1ccc([NH+]([O-])O)c2nc3ccccc3c(N)c12. The number of hydrogen-bond acceptors (Lipinski definition) is 6. The molecule has 0 aliphatic carbocycles. The standard InChI is InChI=1S/C18H23N5O2/c1-22(2)11-5-10-20-14-8-9-15(23(24)25)18-16(14)17(19)12-6-3-4-7-13(12)21-18/h3-4,6-9,20,23-24H,5,10-11H2,1-2H3,(H2,19,21). The highest BCUT2D eigenvalue weighted by Crippen LogP contribution is 2.36. The summed E-state index contributed by atoms with van der Waals surface area (Å²) in [6.07, 6.45) is 0.968. The van der Waals surface area contributed by atoms with Crippen LogP contribution in [0.5, 0.6) is 0 Å². The molecule has 0 aliphatic rings. The van der Waals surface area contributed by atoms with Crippen LogP contribution in [0, 0.1) is 5.21 Å². The summed E-state index contributed by atoms with van der Waals surface area (Å²) in [6.45, 7) is 1.74. The van der Waals surface area contributed by atoms with Crippen molar-refractivity contribution in [3.8, 4) is 0 Å². The Morgan fingerprint density at radius 2 is 2.00 bits per heavy atom. The molecule has 3 rings (SSSR count). The van der Waals surface area contributed by atoms with Crippen LogP contribution in [0.4, 0.5) is 17.1 Å². The van der Waals surface area contributed by atoms with Gasteiger partial charge in [-0.3, -0.25) is 0 Å². The minimum absolute atomic E-state index is 0.159. The Hall–Kier alpha value is -2.45. The molecule has 0 amide bonds. The summed E-state index contributed by atoms with van der Waals surface area (Å²) in [5.41, 5.74) is 9.04. The molecule has 132 valence electrons. The predicted octanol–water partition coefficient (Wildman–Crippen LogP) is 1.74. The number of para-hydroxylation sites is 1. The molecular formula is C18H23N5O2. The molecule has 1 atom stereocenters. The molecule has 0 aliphatic heterocycles. The van der Waals surface area contributed by atoms with Gasteiger partial charge in [0.05, 0.1) is 16.6 Å². The number of anilines is 2. The van der Waals surface area contributed by atoms with Crippen LogP contribution in [-0.4, -0.2) is 42.3 Å². The molecule has 0 fully saturated rings. The van der Waals surface area contributed by atoms with Crippen molar-refractivity contribution < 1.29 is 10.4 Å². The van der Waals surface area contributed by atoms with Crippen LogP contribution in [0.15, 0.2) is 36.4 Å². The average molecular weight is 341 g/mol. The number of rotatable bonds is 6. The third-order valence-corrected chi connectivity index (χ3v) is 4.20. The fourth-order valence-corrected chi connectivity index (χ4v) is 2.97. The first-order valence-corrected chi connectivity index (χ1v) is 8.22. The lowest BCUT2D eigenvalue weighted by Crippen LogP contribution is -2.99. The Morgan fingerprint density at radius 3 is 2.72 bits per heavy atom. The molecule has 0 radical (unpaired) electrons. The van der Waals surface area contributed by atoms with Gasteiger partial charge < -0.3 is 21.2 Å². The lowest BCUT2D eigenvalue weighted by atomic mass is 10.1. The highest BCUT2D eigenvalue weighted by atomic mass is 16.8. The maximum atomic E-state index is 11.6. The lowest BCUT2D eigenvalue weighted by Gasteiger charge is -2.18. The molecule has 7 nitrogen and oxygen atoms in total. The number of hydrogen-bond donors (Lipinski definition) is 4. The summed E-state index contributed by atoms with van der Waals surface area (Å²) in [5, 5.41) is 25.0. The third kappa shape index (κ3) is 3.49. The van der Waals surface area contributed by atoms with Crippen molar-refractivity contribution in [3.05, 3.63) is 41.6 Å². The van der Waals surface area contributed by atoms with Gasteiger partial charge in [-0.25, -0.2) is 10.2 Å². The van der Waals surface area contributed by atoms with Crippen molar-refractivity contribution >= 4 is 38.9 Å². The van der Waals surface area contributed by atoms with E-state index in [2.05, 4.69) is 15.2 Å². The molecule has 25 heavy (non-hydrogen) atoms. The quantitative estimate of drug-likeness (QED) is 0.309. The first kappa shape index (κ1) is 17.4. The van der Waals surface area contributed by atoms with Crippen molar-refractivity contribution in [2.24, 2.45) is 0 Å². The Bertz CT molecular complexity index is 895. The van der Waals surface area contributed by atoms with E-state index < -0.39 is 5.23 Å². The molecule has 0 bridgehead atoms. The number of quaternary nitrogens is 1. The summed E-state index contributed by atoms with van der Waals surface area (Å²) in [7, 11) is 4.07. The molecule has 1 unspecified atom stereocenters. The van der Waals surface area contributed by atoms with Crippen molar-refractivity contribution in [2.45, 2.75) is 6.42 Å². The largest absolute Gasteiger partial charge is 0.595 e. The molecule has 7 heteroatoms. The molecule has 1 heterocycles. The highest BCUT2D eigenvalue weighted by Gasteiger charge is 2.17. The van der Waals surface area contributed by atoms with Crippen LogP contribution in [0.1, 0.15) is 6.42 Å². The maximum absolute atomic E-state index is 11.6. The second-order valence-electron chi connectivity index (χ2n) is 6.32. The van der Waals surface area contributed by atoms with E-state index in [0.717, 1.165) is 30.6 Å². The van der Waals surface area contributed by atoms with Gasteiger partial charge in [-0.2, -0.15) is 5.23 Å². The number of pyridine rings is 1. The molecule has 0 saturated carbocycles. The van der Waals surface area contributed by atoms with E-state index in [4.69, 9.17) is 5.73 Å². The fourth-order valence-electron chi connectivity index (χ4n) is 2.97. The molecule has 3 aromatic rings. The van der Waals surface area contributed by atoms with Gasteiger partial charge in [0, 0.05) is 23.7 Å². The van der Waals surface area contributed by atoms with Gasteiger partial charge in [-0.15, -0.1) is 0 Å². The third-order valence-electron chi connectivity index (χ3n) is 4.20. The Morgan fingerprint density at radius 1 is 1.24 bits per heavy atom. The zero-order valence-electron chi connectivity index (χ0n) is 14.4. The van der Waals surface area contributed by atoms with Crippen molar-refractivity contribution in [1.29, 1.82) is 0 Å². The second kappa shape index (κ2) is 7.20. The lowest BCUT2D eigenvalue weighted by molar-refractivity contribution is -0.990. The van der Waals surface area contributed by atoms with E-state index in [1.165, 1.54) is 0 Å². The van der Waals surface area contributed by atoms with Crippen LogP contribution >= 0.6 is 0 Å². The van der Waals surface area contributed by atoms with E-state index in [9.17, 15) is 10.4 Å². The van der Waals surface area contributed by atoms with Crippen molar-refractivity contribution in [2.75, 3.05) is 38.2 Å². The minimum Gasteiger partial charge on any atom is -0.595 e.